The van der Waals surface area contributed by atoms with Crippen LogP contribution in [0.5, 0.6) is 0 Å². The van der Waals surface area contributed by atoms with Crippen LogP contribution >= 0.6 is 0 Å². The van der Waals surface area contributed by atoms with Crippen LogP contribution in [0.15, 0.2) is 24.3 Å². The van der Waals surface area contributed by atoms with Gasteiger partial charge in [-0.25, -0.2) is 4.39 Å². The Labute approximate surface area is 143 Å². The lowest BCUT2D eigenvalue weighted by Crippen LogP contribution is -2.38. The molecule has 24 heavy (non-hydrogen) atoms. The Kier molecular flexibility index (Phi) is 6.76. The number of nitrogens with zero attached hydrogens (tertiary/aromatic N) is 1. The van der Waals surface area contributed by atoms with Crippen molar-refractivity contribution < 1.29 is 14.0 Å². The van der Waals surface area contributed by atoms with Crippen molar-refractivity contribution >= 4 is 11.8 Å². The lowest BCUT2D eigenvalue weighted by Gasteiger charge is -2.25. The summed E-state index contributed by atoms with van der Waals surface area (Å²) in [6, 6.07) is 6.65. The molecule has 2 amide bonds. The fraction of sp³-hybridized carbons (Fsp3) is 0.579. The molecule has 1 aliphatic rings. The predicted molar refractivity (Wildman–Crippen MR) is 91.9 cm³/mol. The van der Waals surface area contributed by atoms with E-state index in [4.69, 9.17) is 0 Å². The monoisotopic (exact) mass is 334 g/mol. The first-order valence-electron chi connectivity index (χ1n) is 8.76. The van der Waals surface area contributed by atoms with Crippen molar-refractivity contribution in [2.45, 2.75) is 52.0 Å². The van der Waals surface area contributed by atoms with E-state index in [0.717, 1.165) is 31.4 Å². The van der Waals surface area contributed by atoms with E-state index in [1.807, 2.05) is 18.7 Å². The molecule has 1 atom stereocenters. The minimum atomic E-state index is -0.241. The van der Waals surface area contributed by atoms with Crippen LogP contribution in [0, 0.1) is 11.7 Å². The third-order valence-electron chi connectivity index (χ3n) is 4.34. The summed E-state index contributed by atoms with van der Waals surface area (Å²) in [5.74, 6) is 0.168. The summed E-state index contributed by atoms with van der Waals surface area (Å²) >= 11 is 0. The van der Waals surface area contributed by atoms with Gasteiger partial charge in [0.1, 0.15) is 5.82 Å². The number of carbonyl (C=O) groups is 2. The van der Waals surface area contributed by atoms with Crippen LogP contribution in [-0.4, -0.2) is 35.8 Å². The molecule has 1 unspecified atom stereocenters. The molecular weight excluding hydrogens is 307 g/mol. The summed E-state index contributed by atoms with van der Waals surface area (Å²) in [6.45, 7) is 5.15. The second-order valence-electron chi connectivity index (χ2n) is 6.91. The second kappa shape index (κ2) is 8.81. The average molecular weight is 334 g/mol. The van der Waals surface area contributed by atoms with Crippen molar-refractivity contribution in [3.8, 4) is 0 Å². The normalized spacial score (nSPS) is 17.3. The average Bonchev–Trinajstić information content (AvgIpc) is 2.97. The Balaban J connectivity index is 1.80. The van der Waals surface area contributed by atoms with Gasteiger partial charge in [0.25, 0.3) is 0 Å². The first-order valence-corrected chi connectivity index (χ1v) is 8.76. The minimum Gasteiger partial charge on any atom is -0.356 e. The SMILES string of the molecule is CC(C)CC(=O)NCCC(=O)N1CCCC1Cc1ccc(F)cc1. The Hall–Kier alpha value is -1.91. The van der Waals surface area contributed by atoms with Gasteiger partial charge in [0, 0.05) is 32.0 Å². The maximum absolute atomic E-state index is 13.0. The summed E-state index contributed by atoms with van der Waals surface area (Å²) in [7, 11) is 0. The lowest BCUT2D eigenvalue weighted by atomic mass is 10.0. The summed E-state index contributed by atoms with van der Waals surface area (Å²) in [5, 5.41) is 2.81. The van der Waals surface area contributed by atoms with Crippen molar-refractivity contribution in [2.75, 3.05) is 13.1 Å². The highest BCUT2D eigenvalue weighted by molar-refractivity contribution is 5.79. The molecule has 132 valence electrons. The van der Waals surface area contributed by atoms with Gasteiger partial charge >= 0.3 is 0 Å². The molecule has 1 saturated heterocycles. The van der Waals surface area contributed by atoms with E-state index >= 15 is 0 Å². The van der Waals surface area contributed by atoms with Crippen molar-refractivity contribution in [3.05, 3.63) is 35.6 Å². The molecule has 0 saturated carbocycles. The molecular formula is C19H27FN2O2. The predicted octanol–water partition coefficient (Wildman–Crippen LogP) is 2.91. The Bertz CT molecular complexity index is 557. The molecule has 0 bridgehead atoms. The molecule has 1 heterocycles. The topological polar surface area (TPSA) is 49.4 Å². The standard InChI is InChI=1S/C19H27FN2O2/c1-14(2)12-18(23)21-10-9-19(24)22-11-3-4-17(22)13-15-5-7-16(20)8-6-15/h5-8,14,17H,3-4,9-13H2,1-2H3,(H,21,23). The number of halogens is 1. The maximum Gasteiger partial charge on any atom is 0.224 e. The fourth-order valence-corrected chi connectivity index (χ4v) is 3.16. The van der Waals surface area contributed by atoms with Crippen molar-refractivity contribution in [1.82, 2.24) is 10.2 Å². The molecule has 1 aromatic carbocycles. The van der Waals surface area contributed by atoms with E-state index in [2.05, 4.69) is 5.32 Å². The van der Waals surface area contributed by atoms with E-state index in [0.29, 0.717) is 25.3 Å². The minimum absolute atomic E-state index is 0.00193. The molecule has 1 N–H and O–H groups in total. The lowest BCUT2D eigenvalue weighted by molar-refractivity contribution is -0.132. The molecule has 1 aliphatic heterocycles. The van der Waals surface area contributed by atoms with Crippen LogP contribution in [0.1, 0.15) is 45.1 Å². The van der Waals surface area contributed by atoms with E-state index in [1.165, 1.54) is 12.1 Å². The third kappa shape index (κ3) is 5.62. The molecule has 0 aromatic heterocycles. The largest absolute Gasteiger partial charge is 0.356 e. The van der Waals surface area contributed by atoms with Gasteiger partial charge in [-0.05, 0) is 42.9 Å². The van der Waals surface area contributed by atoms with Crippen LogP contribution in [0.2, 0.25) is 0 Å². The highest BCUT2D eigenvalue weighted by atomic mass is 19.1. The van der Waals surface area contributed by atoms with Gasteiger partial charge in [-0.15, -0.1) is 0 Å². The Morgan fingerprint density at radius 1 is 1.29 bits per heavy atom. The molecule has 0 radical (unpaired) electrons. The molecule has 0 spiro atoms. The van der Waals surface area contributed by atoms with Crippen molar-refractivity contribution in [3.63, 3.8) is 0 Å². The van der Waals surface area contributed by atoms with Crippen LogP contribution in [0.4, 0.5) is 4.39 Å². The molecule has 1 aromatic rings. The van der Waals surface area contributed by atoms with E-state index < -0.39 is 0 Å². The zero-order chi connectivity index (χ0) is 17.5. The highest BCUT2D eigenvalue weighted by Gasteiger charge is 2.28. The van der Waals surface area contributed by atoms with Gasteiger partial charge in [0.2, 0.25) is 11.8 Å². The van der Waals surface area contributed by atoms with Crippen molar-refractivity contribution in [2.24, 2.45) is 5.92 Å². The first kappa shape index (κ1) is 18.4. The molecule has 5 heteroatoms. The van der Waals surface area contributed by atoms with Gasteiger partial charge in [0.15, 0.2) is 0 Å². The highest BCUT2D eigenvalue weighted by Crippen LogP contribution is 2.22. The number of carbonyl (C=O) groups excluding carboxylic acids is 2. The van der Waals surface area contributed by atoms with Gasteiger partial charge in [-0.1, -0.05) is 26.0 Å². The fourth-order valence-electron chi connectivity index (χ4n) is 3.16. The summed E-state index contributed by atoms with van der Waals surface area (Å²) in [5.41, 5.74) is 1.05. The van der Waals surface area contributed by atoms with Crippen molar-refractivity contribution in [1.29, 1.82) is 0 Å². The number of hydrogen-bond donors (Lipinski definition) is 1. The molecule has 1 fully saturated rings. The second-order valence-corrected chi connectivity index (χ2v) is 6.91. The van der Waals surface area contributed by atoms with Crippen LogP contribution < -0.4 is 5.32 Å². The molecule has 0 aliphatic carbocycles. The van der Waals surface area contributed by atoms with Crippen LogP contribution in [0.3, 0.4) is 0 Å². The third-order valence-corrected chi connectivity index (χ3v) is 4.34. The van der Waals surface area contributed by atoms with Crippen LogP contribution in [0.25, 0.3) is 0 Å². The summed E-state index contributed by atoms with van der Waals surface area (Å²) in [4.78, 5) is 26.0. The zero-order valence-electron chi connectivity index (χ0n) is 14.6. The van der Waals surface area contributed by atoms with E-state index in [1.54, 1.807) is 12.1 Å². The molecule has 2 rings (SSSR count). The number of likely N-dealkylation sites (tertiary alicyclic amines) is 1. The number of benzene rings is 1. The number of amides is 2. The molecule has 4 nitrogen and oxygen atoms in total. The maximum atomic E-state index is 13.0. The summed E-state index contributed by atoms with van der Waals surface area (Å²) < 4.78 is 13.0. The van der Waals surface area contributed by atoms with Gasteiger partial charge in [0.05, 0.1) is 0 Å². The van der Waals surface area contributed by atoms with E-state index in [9.17, 15) is 14.0 Å². The number of hydrogen-bond acceptors (Lipinski definition) is 2. The summed E-state index contributed by atoms with van der Waals surface area (Å²) in [6.07, 6.45) is 3.56. The smallest absolute Gasteiger partial charge is 0.224 e. The van der Waals surface area contributed by atoms with Gasteiger partial charge in [-0.2, -0.15) is 0 Å². The quantitative estimate of drug-likeness (QED) is 0.833. The zero-order valence-corrected chi connectivity index (χ0v) is 14.6. The Morgan fingerprint density at radius 3 is 2.67 bits per heavy atom. The number of rotatable bonds is 7. The van der Waals surface area contributed by atoms with E-state index in [-0.39, 0.29) is 23.7 Å². The number of nitrogens with one attached hydrogen (secondary N) is 1. The van der Waals surface area contributed by atoms with Gasteiger partial charge < -0.3 is 10.2 Å². The van der Waals surface area contributed by atoms with Crippen LogP contribution in [-0.2, 0) is 16.0 Å². The van der Waals surface area contributed by atoms with Gasteiger partial charge in [-0.3, -0.25) is 9.59 Å². The Morgan fingerprint density at radius 2 is 2.00 bits per heavy atom. The first-order chi connectivity index (χ1) is 11.5.